The molecule has 0 aromatic heterocycles. The zero-order chi connectivity index (χ0) is 35.5. The Kier molecular flexibility index (Phi) is 12.5. The number of carbonyl (C=O) groups excluding carboxylic acids is 5. The lowest BCUT2D eigenvalue weighted by Crippen LogP contribution is -2.48. The summed E-state index contributed by atoms with van der Waals surface area (Å²) in [5.41, 5.74) is 3.00. The van der Waals surface area contributed by atoms with Crippen molar-refractivity contribution in [3.8, 4) is 0 Å². The average molecular weight is 666 g/mol. The van der Waals surface area contributed by atoms with Crippen molar-refractivity contribution in [2.24, 2.45) is 52.1 Å². The van der Waals surface area contributed by atoms with Crippen LogP contribution in [0, 0.1) is 46.3 Å². The van der Waals surface area contributed by atoms with E-state index in [-0.39, 0.29) is 56.6 Å². The van der Waals surface area contributed by atoms with Gasteiger partial charge in [0.2, 0.25) is 17.9 Å². The first kappa shape index (κ1) is 38.7. The number of hydrogen-bond acceptors (Lipinski definition) is 10. The van der Waals surface area contributed by atoms with Crippen molar-refractivity contribution in [1.82, 2.24) is 10.2 Å². The SMILES string of the molecule is CC1C2CC(O)C(C2)C1CC(CC(C)(CC(CC(C)(C)C(=O)NC(C)(C)C)C(=O)OCCN(C)C)C(=O)OC1CCOC1=O)C(N)=O. The fourth-order valence-electron chi connectivity index (χ4n) is 7.83. The molecule has 1 saturated heterocycles. The number of fused-ring (bicyclic) bond motifs is 2. The molecule has 3 fully saturated rings. The second kappa shape index (κ2) is 15.2. The van der Waals surface area contributed by atoms with Crippen molar-refractivity contribution in [1.29, 1.82) is 0 Å². The van der Waals surface area contributed by atoms with Crippen molar-refractivity contribution in [3.63, 3.8) is 0 Å². The van der Waals surface area contributed by atoms with Gasteiger partial charge in [0.05, 0.1) is 24.0 Å². The van der Waals surface area contributed by atoms with Crippen LogP contribution >= 0.6 is 0 Å². The number of ether oxygens (including phenoxy) is 3. The van der Waals surface area contributed by atoms with Gasteiger partial charge in [-0.2, -0.15) is 0 Å². The third-order valence-electron chi connectivity index (χ3n) is 10.5. The van der Waals surface area contributed by atoms with Gasteiger partial charge in [-0.15, -0.1) is 0 Å². The number of rotatable bonds is 16. The van der Waals surface area contributed by atoms with E-state index in [9.17, 15) is 29.1 Å². The average Bonchev–Trinajstić information content (AvgIpc) is 3.61. The summed E-state index contributed by atoms with van der Waals surface area (Å²) in [5, 5.41) is 13.6. The summed E-state index contributed by atoms with van der Waals surface area (Å²) in [6.45, 7) is 13.6. The minimum atomic E-state index is -1.45. The van der Waals surface area contributed by atoms with Crippen LogP contribution in [0.25, 0.3) is 0 Å². The lowest BCUT2D eigenvalue weighted by atomic mass is 9.67. The van der Waals surface area contributed by atoms with Crippen LogP contribution in [0.3, 0.4) is 0 Å². The van der Waals surface area contributed by atoms with Crippen molar-refractivity contribution in [2.45, 2.75) is 111 Å². The van der Waals surface area contributed by atoms with Crippen molar-refractivity contribution >= 4 is 29.7 Å². The van der Waals surface area contributed by atoms with Gasteiger partial charge in [-0.05, 0) is 104 Å². The molecule has 9 atom stereocenters. The molecule has 2 saturated carbocycles. The molecule has 0 aromatic carbocycles. The highest BCUT2D eigenvalue weighted by molar-refractivity contribution is 5.86. The Morgan fingerprint density at radius 2 is 1.68 bits per heavy atom. The number of primary amides is 1. The highest BCUT2D eigenvalue weighted by Gasteiger charge is 2.52. The first-order valence-corrected chi connectivity index (χ1v) is 17.1. The van der Waals surface area contributed by atoms with Gasteiger partial charge in [-0.25, -0.2) is 4.79 Å². The summed E-state index contributed by atoms with van der Waals surface area (Å²) in [4.78, 5) is 68.4. The Balaban J connectivity index is 1.95. The monoisotopic (exact) mass is 665 g/mol. The highest BCUT2D eigenvalue weighted by atomic mass is 16.6. The largest absolute Gasteiger partial charge is 0.464 e. The molecule has 1 heterocycles. The molecule has 268 valence electrons. The molecule has 3 rings (SSSR count). The Labute approximate surface area is 280 Å². The second-order valence-electron chi connectivity index (χ2n) is 16.6. The molecule has 0 aromatic rings. The lowest BCUT2D eigenvalue weighted by molar-refractivity contribution is -0.171. The summed E-state index contributed by atoms with van der Waals surface area (Å²) in [6, 6.07) is 0. The molecule has 3 aliphatic rings. The number of likely N-dealkylation sites (N-methyl/N-ethyl adjacent to an activating group) is 1. The fourth-order valence-corrected chi connectivity index (χ4v) is 7.83. The zero-order valence-electron chi connectivity index (χ0n) is 29.9. The lowest BCUT2D eigenvalue weighted by Gasteiger charge is -2.38. The quantitative estimate of drug-likeness (QED) is 0.164. The van der Waals surface area contributed by atoms with E-state index in [4.69, 9.17) is 19.9 Å². The summed E-state index contributed by atoms with van der Waals surface area (Å²) >= 11 is 0. The van der Waals surface area contributed by atoms with Gasteiger partial charge in [-0.1, -0.05) is 20.8 Å². The van der Waals surface area contributed by atoms with Crippen LogP contribution in [0.2, 0.25) is 0 Å². The van der Waals surface area contributed by atoms with E-state index in [1.807, 2.05) is 39.8 Å². The van der Waals surface area contributed by atoms with Crippen LogP contribution in [-0.2, 0) is 38.2 Å². The standard InChI is InChI=1S/C35H59N3O9/c1-20-21-14-25(26(39)16-21)24(20)15-22(28(36)40)18-35(7,32(44)47-27-10-12-45-30(27)42)19-23(29(41)46-13-11-38(8)9)17-34(5,6)31(43)37-33(2,3)4/h20-27,39H,10-19H2,1-9H3,(H2,36,40)(H,37,43). The molecule has 47 heavy (non-hydrogen) atoms. The molecular weight excluding hydrogens is 606 g/mol. The molecule has 12 heteroatoms. The third-order valence-corrected chi connectivity index (χ3v) is 10.5. The smallest absolute Gasteiger partial charge is 0.347 e. The number of aliphatic hydroxyl groups is 1. The van der Waals surface area contributed by atoms with E-state index in [0.29, 0.717) is 24.8 Å². The molecule has 9 unspecified atom stereocenters. The summed E-state index contributed by atoms with van der Waals surface area (Å²) in [7, 11) is 3.71. The van der Waals surface area contributed by atoms with E-state index in [0.717, 1.165) is 12.8 Å². The van der Waals surface area contributed by atoms with Crippen LogP contribution in [0.1, 0.15) is 93.4 Å². The number of carbonyl (C=O) groups is 5. The molecule has 1 aliphatic heterocycles. The number of cyclic esters (lactones) is 1. The van der Waals surface area contributed by atoms with Crippen LogP contribution < -0.4 is 11.1 Å². The first-order chi connectivity index (χ1) is 21.6. The van der Waals surface area contributed by atoms with Crippen molar-refractivity contribution < 1.29 is 43.3 Å². The minimum absolute atomic E-state index is 0.0320. The number of nitrogens with zero attached hydrogens (tertiary/aromatic N) is 1. The number of nitrogens with one attached hydrogen (secondary N) is 1. The number of aliphatic hydroxyl groups excluding tert-OH is 1. The maximum Gasteiger partial charge on any atom is 0.347 e. The molecule has 12 nitrogen and oxygen atoms in total. The van der Waals surface area contributed by atoms with Crippen LogP contribution in [0.5, 0.6) is 0 Å². The fraction of sp³-hybridized carbons (Fsp3) is 0.857. The molecule has 4 N–H and O–H groups in total. The van der Waals surface area contributed by atoms with Crippen LogP contribution in [0.4, 0.5) is 0 Å². The van der Waals surface area contributed by atoms with Crippen LogP contribution in [-0.4, -0.2) is 91.3 Å². The van der Waals surface area contributed by atoms with E-state index in [2.05, 4.69) is 12.2 Å². The van der Waals surface area contributed by atoms with Gasteiger partial charge < -0.3 is 35.3 Å². The molecule has 2 aliphatic carbocycles. The maximum atomic E-state index is 14.1. The second-order valence-corrected chi connectivity index (χ2v) is 16.6. The van der Waals surface area contributed by atoms with Crippen molar-refractivity contribution in [3.05, 3.63) is 0 Å². The van der Waals surface area contributed by atoms with E-state index < -0.39 is 64.2 Å². The predicted molar refractivity (Wildman–Crippen MR) is 174 cm³/mol. The molecule has 0 spiro atoms. The Hall–Kier alpha value is -2.73. The third kappa shape index (κ3) is 10.1. The van der Waals surface area contributed by atoms with Crippen LogP contribution in [0.15, 0.2) is 0 Å². The van der Waals surface area contributed by atoms with E-state index >= 15 is 0 Å². The highest BCUT2D eigenvalue weighted by Crippen LogP contribution is 2.55. The van der Waals surface area contributed by atoms with Gasteiger partial charge in [0.1, 0.15) is 6.61 Å². The van der Waals surface area contributed by atoms with Gasteiger partial charge in [-0.3, -0.25) is 19.2 Å². The summed E-state index contributed by atoms with van der Waals surface area (Å²) in [5.74, 6) is -3.69. The number of esters is 3. The normalized spacial score (nSPS) is 28.4. The molecular formula is C35H59N3O9. The molecule has 2 amide bonds. The maximum absolute atomic E-state index is 14.1. The van der Waals surface area contributed by atoms with Gasteiger partial charge in [0, 0.05) is 29.8 Å². The topological polar surface area (TPSA) is 175 Å². The number of amides is 2. The number of nitrogens with two attached hydrogens (primary N) is 1. The number of hydrogen-bond donors (Lipinski definition) is 3. The molecule has 0 radical (unpaired) electrons. The van der Waals surface area contributed by atoms with Crippen molar-refractivity contribution in [2.75, 3.05) is 33.9 Å². The van der Waals surface area contributed by atoms with Gasteiger partial charge >= 0.3 is 17.9 Å². The van der Waals surface area contributed by atoms with Gasteiger partial charge in [0.25, 0.3) is 0 Å². The Morgan fingerprint density at radius 1 is 1.04 bits per heavy atom. The summed E-state index contributed by atoms with van der Waals surface area (Å²) in [6.07, 6.45) is 0.652. The predicted octanol–water partition coefficient (Wildman–Crippen LogP) is 2.83. The van der Waals surface area contributed by atoms with Gasteiger partial charge in [0.15, 0.2) is 0 Å². The summed E-state index contributed by atoms with van der Waals surface area (Å²) < 4.78 is 16.4. The zero-order valence-corrected chi connectivity index (χ0v) is 29.9. The van der Waals surface area contributed by atoms with E-state index in [1.54, 1.807) is 20.8 Å². The first-order valence-electron chi connectivity index (χ1n) is 17.1. The minimum Gasteiger partial charge on any atom is -0.464 e. The molecule has 2 bridgehead atoms. The van der Waals surface area contributed by atoms with E-state index in [1.165, 1.54) is 0 Å². The Morgan fingerprint density at radius 3 is 2.21 bits per heavy atom. The Bertz CT molecular complexity index is 1170.